The van der Waals surface area contributed by atoms with Gasteiger partial charge in [0.25, 0.3) is 0 Å². The number of carbonyl (C=O) groups excluding carboxylic acids is 2. The van der Waals surface area contributed by atoms with Crippen LogP contribution in [0.5, 0.6) is 0 Å². The first kappa shape index (κ1) is 17.2. The second-order valence-electron chi connectivity index (χ2n) is 5.03. The fourth-order valence-electron chi connectivity index (χ4n) is 2.12. The molecule has 0 fully saturated rings. The molecule has 0 saturated carbocycles. The van der Waals surface area contributed by atoms with Crippen LogP contribution >= 0.6 is 11.3 Å². The molecule has 0 spiro atoms. The van der Waals surface area contributed by atoms with Gasteiger partial charge in [-0.3, -0.25) is 4.79 Å². The first-order valence-electron chi connectivity index (χ1n) is 7.42. The number of esters is 1. The normalized spacial score (nSPS) is 10.4. The summed E-state index contributed by atoms with van der Waals surface area (Å²) in [7, 11) is 0. The molecule has 0 bridgehead atoms. The Balaban J connectivity index is 2.42. The van der Waals surface area contributed by atoms with E-state index in [1.165, 1.54) is 11.3 Å². The molecule has 0 aliphatic carbocycles. The highest BCUT2D eigenvalue weighted by Gasteiger charge is 2.22. The Kier molecular flexibility index (Phi) is 5.90. The summed E-state index contributed by atoms with van der Waals surface area (Å²) in [4.78, 5) is 24.1. The van der Waals surface area contributed by atoms with Crippen molar-refractivity contribution in [2.24, 2.45) is 5.73 Å². The van der Waals surface area contributed by atoms with E-state index in [4.69, 9.17) is 10.5 Å². The zero-order chi connectivity index (χ0) is 16.8. The van der Waals surface area contributed by atoms with E-state index in [2.05, 4.69) is 5.32 Å². The van der Waals surface area contributed by atoms with Gasteiger partial charge in [-0.2, -0.15) is 0 Å². The van der Waals surface area contributed by atoms with Crippen LogP contribution in [0.1, 0.15) is 29.3 Å². The lowest BCUT2D eigenvalue weighted by atomic mass is 10.0. The predicted octanol–water partition coefficient (Wildman–Crippen LogP) is 3.19. The molecule has 2 aromatic rings. The van der Waals surface area contributed by atoms with Gasteiger partial charge >= 0.3 is 5.97 Å². The number of anilines is 1. The third kappa shape index (κ3) is 4.18. The Morgan fingerprint density at radius 3 is 2.57 bits per heavy atom. The van der Waals surface area contributed by atoms with E-state index in [1.54, 1.807) is 6.92 Å². The maximum atomic E-state index is 12.3. The van der Waals surface area contributed by atoms with Crippen LogP contribution in [0.2, 0.25) is 0 Å². The quantitative estimate of drug-likeness (QED) is 0.796. The van der Waals surface area contributed by atoms with Crippen molar-refractivity contribution in [1.29, 1.82) is 0 Å². The molecule has 1 heterocycles. The van der Waals surface area contributed by atoms with Crippen molar-refractivity contribution in [2.75, 3.05) is 18.5 Å². The maximum Gasteiger partial charge on any atom is 0.341 e. The monoisotopic (exact) mass is 332 g/mol. The molecule has 0 aliphatic heterocycles. The average Bonchev–Trinajstić information content (AvgIpc) is 2.92. The Morgan fingerprint density at radius 1 is 1.26 bits per heavy atom. The maximum absolute atomic E-state index is 12.3. The molecule has 0 atom stereocenters. The molecule has 5 nitrogen and oxygen atoms in total. The topological polar surface area (TPSA) is 81.4 Å². The SMILES string of the molecule is CCOC(=O)c1c(-c2ccc(C)cc2)csc1NC(=O)CCN. The van der Waals surface area contributed by atoms with Crippen LogP contribution in [0, 0.1) is 6.92 Å². The highest BCUT2D eigenvalue weighted by molar-refractivity contribution is 7.15. The Hall–Kier alpha value is -2.18. The minimum atomic E-state index is -0.438. The van der Waals surface area contributed by atoms with Crippen LogP contribution < -0.4 is 11.1 Å². The van der Waals surface area contributed by atoms with Gasteiger partial charge in [-0.15, -0.1) is 11.3 Å². The zero-order valence-corrected chi connectivity index (χ0v) is 14.0. The fraction of sp³-hybridized carbons (Fsp3) is 0.294. The Labute approximate surface area is 139 Å². The smallest absolute Gasteiger partial charge is 0.341 e. The Bertz CT molecular complexity index is 692. The van der Waals surface area contributed by atoms with E-state index in [9.17, 15) is 9.59 Å². The molecule has 1 aromatic heterocycles. The molecule has 0 unspecified atom stereocenters. The number of nitrogens with two attached hydrogens (primary N) is 1. The number of nitrogens with one attached hydrogen (secondary N) is 1. The van der Waals surface area contributed by atoms with Crippen molar-refractivity contribution in [1.82, 2.24) is 0 Å². The van der Waals surface area contributed by atoms with Crippen molar-refractivity contribution in [2.45, 2.75) is 20.3 Å². The number of aryl methyl sites for hydroxylation is 1. The number of ether oxygens (including phenoxy) is 1. The van der Waals surface area contributed by atoms with Crippen molar-refractivity contribution >= 4 is 28.2 Å². The molecule has 2 rings (SSSR count). The van der Waals surface area contributed by atoms with Gasteiger partial charge in [0.2, 0.25) is 5.91 Å². The lowest BCUT2D eigenvalue weighted by molar-refractivity contribution is -0.116. The van der Waals surface area contributed by atoms with E-state index in [0.717, 1.165) is 16.7 Å². The molecule has 0 aliphatic rings. The van der Waals surface area contributed by atoms with Gasteiger partial charge in [0, 0.05) is 23.9 Å². The third-order valence-corrected chi connectivity index (χ3v) is 4.15. The zero-order valence-electron chi connectivity index (χ0n) is 13.2. The van der Waals surface area contributed by atoms with Gasteiger partial charge in [0.1, 0.15) is 10.6 Å². The van der Waals surface area contributed by atoms with Gasteiger partial charge < -0.3 is 15.8 Å². The molecule has 23 heavy (non-hydrogen) atoms. The molecule has 122 valence electrons. The number of hydrogen-bond acceptors (Lipinski definition) is 5. The molecule has 6 heteroatoms. The lowest BCUT2D eigenvalue weighted by Crippen LogP contribution is -2.17. The molecule has 0 saturated heterocycles. The predicted molar refractivity (Wildman–Crippen MR) is 92.7 cm³/mol. The van der Waals surface area contributed by atoms with Crippen LogP contribution in [0.3, 0.4) is 0 Å². The van der Waals surface area contributed by atoms with Crippen LogP contribution in [0.25, 0.3) is 11.1 Å². The highest BCUT2D eigenvalue weighted by Crippen LogP contribution is 2.36. The van der Waals surface area contributed by atoms with Crippen LogP contribution in [0.15, 0.2) is 29.6 Å². The van der Waals surface area contributed by atoms with E-state index < -0.39 is 5.97 Å². The number of hydrogen-bond donors (Lipinski definition) is 2. The van der Waals surface area contributed by atoms with Gasteiger partial charge in [0.15, 0.2) is 0 Å². The summed E-state index contributed by atoms with van der Waals surface area (Å²) in [6, 6.07) is 7.86. The van der Waals surface area contributed by atoms with E-state index in [1.807, 2.05) is 36.6 Å². The number of thiophene rings is 1. The summed E-state index contributed by atoms with van der Waals surface area (Å²) in [6.07, 6.45) is 0.208. The number of amides is 1. The molecule has 1 amide bonds. The van der Waals surface area contributed by atoms with Crippen LogP contribution in [-0.4, -0.2) is 25.0 Å². The second kappa shape index (κ2) is 7.89. The first-order chi connectivity index (χ1) is 11.1. The summed E-state index contributed by atoms with van der Waals surface area (Å²) >= 11 is 1.31. The third-order valence-electron chi connectivity index (χ3n) is 3.26. The summed E-state index contributed by atoms with van der Waals surface area (Å²) in [5, 5.41) is 5.10. The molecular formula is C17H20N2O3S. The second-order valence-corrected chi connectivity index (χ2v) is 5.91. The van der Waals surface area contributed by atoms with Gasteiger partial charge in [-0.1, -0.05) is 29.8 Å². The van der Waals surface area contributed by atoms with Gasteiger partial charge in [-0.05, 0) is 19.4 Å². The van der Waals surface area contributed by atoms with Crippen molar-refractivity contribution in [3.05, 3.63) is 40.8 Å². The number of carbonyl (C=O) groups is 2. The van der Waals surface area contributed by atoms with E-state index >= 15 is 0 Å². The van der Waals surface area contributed by atoms with Gasteiger partial charge in [0.05, 0.1) is 6.61 Å². The minimum Gasteiger partial charge on any atom is -0.462 e. The Morgan fingerprint density at radius 2 is 1.96 bits per heavy atom. The van der Waals surface area contributed by atoms with E-state index in [0.29, 0.717) is 10.6 Å². The molecule has 1 aromatic carbocycles. The highest BCUT2D eigenvalue weighted by atomic mass is 32.1. The number of benzene rings is 1. The molecule has 0 radical (unpaired) electrons. The number of rotatable bonds is 6. The summed E-state index contributed by atoms with van der Waals surface area (Å²) < 4.78 is 5.15. The molecule has 3 N–H and O–H groups in total. The fourth-order valence-corrected chi connectivity index (χ4v) is 3.10. The van der Waals surface area contributed by atoms with Crippen molar-refractivity contribution in [3.8, 4) is 11.1 Å². The summed E-state index contributed by atoms with van der Waals surface area (Å²) in [5.74, 6) is -0.650. The van der Waals surface area contributed by atoms with Crippen LogP contribution in [-0.2, 0) is 9.53 Å². The largest absolute Gasteiger partial charge is 0.462 e. The first-order valence-corrected chi connectivity index (χ1v) is 8.30. The van der Waals surface area contributed by atoms with Crippen molar-refractivity contribution < 1.29 is 14.3 Å². The van der Waals surface area contributed by atoms with Gasteiger partial charge in [-0.25, -0.2) is 4.79 Å². The van der Waals surface area contributed by atoms with Crippen molar-refractivity contribution in [3.63, 3.8) is 0 Å². The average molecular weight is 332 g/mol. The van der Waals surface area contributed by atoms with E-state index in [-0.39, 0.29) is 25.5 Å². The molecular weight excluding hydrogens is 312 g/mol. The minimum absolute atomic E-state index is 0.208. The summed E-state index contributed by atoms with van der Waals surface area (Å²) in [6.45, 7) is 4.29. The van der Waals surface area contributed by atoms with Crippen LogP contribution in [0.4, 0.5) is 5.00 Å². The standard InChI is InChI=1S/C17H20N2O3S/c1-3-22-17(21)15-13(12-6-4-11(2)5-7-12)10-23-16(15)19-14(20)8-9-18/h4-7,10H,3,8-9,18H2,1-2H3,(H,19,20). The summed E-state index contributed by atoms with van der Waals surface area (Å²) in [5.41, 5.74) is 8.59. The lowest BCUT2D eigenvalue weighted by Gasteiger charge is -2.08.